The molecule has 0 bridgehead atoms. The molecule has 1 N–H and O–H groups in total. The van der Waals surface area contributed by atoms with E-state index in [-0.39, 0.29) is 23.3 Å². The molecule has 5 nitrogen and oxygen atoms in total. The van der Waals surface area contributed by atoms with Crippen LogP contribution in [0.2, 0.25) is 0 Å². The van der Waals surface area contributed by atoms with Crippen LogP contribution in [-0.4, -0.2) is 26.5 Å². The lowest BCUT2D eigenvalue weighted by Gasteiger charge is -2.23. The molecule has 1 aromatic heterocycles. The lowest BCUT2D eigenvalue weighted by Crippen LogP contribution is -2.34. The second kappa shape index (κ2) is 6.91. The van der Waals surface area contributed by atoms with Crippen molar-refractivity contribution in [2.24, 2.45) is 0 Å². The van der Waals surface area contributed by atoms with Crippen molar-refractivity contribution in [1.29, 1.82) is 0 Å². The van der Waals surface area contributed by atoms with E-state index in [0.29, 0.717) is 19.5 Å². The number of hydrogen-bond donors (Lipinski definition) is 1. The molecule has 2 aromatic rings. The summed E-state index contributed by atoms with van der Waals surface area (Å²) in [5.74, 6) is 0.262. The third-order valence-electron chi connectivity index (χ3n) is 4.39. The normalized spacial score (nSPS) is 13.7. The second-order valence-corrected chi connectivity index (χ2v) is 6.33. The van der Waals surface area contributed by atoms with E-state index in [2.05, 4.69) is 0 Å². The van der Waals surface area contributed by atoms with E-state index < -0.39 is 0 Å². The van der Waals surface area contributed by atoms with Crippen LogP contribution in [0.25, 0.3) is 0 Å². The number of carbonyl (C=O) groups excluding carboxylic acids is 1. The molecule has 0 aliphatic heterocycles. The minimum atomic E-state index is -0.0752. The Morgan fingerprint density at radius 3 is 2.67 bits per heavy atom. The molecule has 5 heteroatoms. The van der Waals surface area contributed by atoms with Crippen molar-refractivity contribution >= 4 is 5.91 Å². The van der Waals surface area contributed by atoms with Crippen LogP contribution in [0, 0.1) is 6.92 Å². The Morgan fingerprint density at radius 1 is 1.25 bits per heavy atom. The highest BCUT2D eigenvalue weighted by atomic mass is 16.3. The van der Waals surface area contributed by atoms with Crippen LogP contribution in [0.15, 0.2) is 47.3 Å². The number of carbonyl (C=O) groups is 1. The van der Waals surface area contributed by atoms with E-state index >= 15 is 0 Å². The fourth-order valence-corrected chi connectivity index (χ4v) is 2.92. The van der Waals surface area contributed by atoms with E-state index in [4.69, 9.17) is 0 Å². The van der Waals surface area contributed by atoms with Gasteiger partial charge in [0.25, 0.3) is 5.56 Å². The summed E-state index contributed by atoms with van der Waals surface area (Å²) < 4.78 is 1.64. The predicted octanol–water partition coefficient (Wildman–Crippen LogP) is 2.44. The number of phenols is 1. The zero-order valence-corrected chi connectivity index (χ0v) is 13.8. The Balaban J connectivity index is 1.68. The van der Waals surface area contributed by atoms with Gasteiger partial charge in [-0.25, -0.2) is 0 Å². The summed E-state index contributed by atoms with van der Waals surface area (Å²) >= 11 is 0. The number of aromatic hydroxyl groups is 1. The van der Waals surface area contributed by atoms with E-state index in [9.17, 15) is 14.7 Å². The topological polar surface area (TPSA) is 62.5 Å². The number of pyridine rings is 1. The van der Waals surface area contributed by atoms with Gasteiger partial charge in [0.15, 0.2) is 0 Å². The van der Waals surface area contributed by atoms with Gasteiger partial charge >= 0.3 is 0 Å². The van der Waals surface area contributed by atoms with Crippen LogP contribution < -0.4 is 5.56 Å². The Labute approximate surface area is 141 Å². The second-order valence-electron chi connectivity index (χ2n) is 6.33. The van der Waals surface area contributed by atoms with Gasteiger partial charge in [-0.1, -0.05) is 18.2 Å². The SMILES string of the molecule is Cc1cccc(=O)n1CCC(=O)N(Cc1cccc(O)c1)C1CC1. The summed E-state index contributed by atoms with van der Waals surface area (Å²) in [4.78, 5) is 26.4. The van der Waals surface area contributed by atoms with Crippen LogP contribution in [0.3, 0.4) is 0 Å². The van der Waals surface area contributed by atoms with Gasteiger partial charge in [-0.15, -0.1) is 0 Å². The van der Waals surface area contributed by atoms with Crippen LogP contribution in [-0.2, 0) is 17.9 Å². The van der Waals surface area contributed by atoms with Gasteiger partial charge in [0.05, 0.1) is 0 Å². The Bertz CT molecular complexity index is 793. The smallest absolute Gasteiger partial charge is 0.250 e. The first-order valence-corrected chi connectivity index (χ1v) is 8.28. The number of phenolic OH excluding ortho intramolecular Hbond substituents is 1. The van der Waals surface area contributed by atoms with Crippen molar-refractivity contribution in [3.63, 3.8) is 0 Å². The Morgan fingerprint density at radius 2 is 2.00 bits per heavy atom. The molecule has 3 rings (SSSR count). The van der Waals surface area contributed by atoms with Crippen molar-refractivity contribution < 1.29 is 9.90 Å². The first-order valence-electron chi connectivity index (χ1n) is 8.28. The van der Waals surface area contributed by atoms with Crippen molar-refractivity contribution in [1.82, 2.24) is 9.47 Å². The van der Waals surface area contributed by atoms with Crippen molar-refractivity contribution in [2.75, 3.05) is 0 Å². The fourth-order valence-electron chi connectivity index (χ4n) is 2.92. The molecule has 1 heterocycles. The summed E-state index contributed by atoms with van der Waals surface area (Å²) in [7, 11) is 0. The maximum absolute atomic E-state index is 12.7. The minimum Gasteiger partial charge on any atom is -0.508 e. The van der Waals surface area contributed by atoms with Crippen LogP contribution in [0.4, 0.5) is 0 Å². The fraction of sp³-hybridized carbons (Fsp3) is 0.368. The molecule has 0 atom stereocenters. The predicted molar refractivity (Wildman–Crippen MR) is 91.7 cm³/mol. The highest BCUT2D eigenvalue weighted by Crippen LogP contribution is 2.29. The van der Waals surface area contributed by atoms with E-state index in [1.165, 1.54) is 6.07 Å². The van der Waals surface area contributed by atoms with Crippen LogP contribution in [0.1, 0.15) is 30.5 Å². The highest BCUT2D eigenvalue weighted by Gasteiger charge is 2.32. The lowest BCUT2D eigenvalue weighted by atomic mass is 10.2. The van der Waals surface area contributed by atoms with Gasteiger partial charge in [-0.05, 0) is 43.5 Å². The standard InChI is InChI=1S/C19H22N2O3/c1-14-4-2-7-18(23)20(14)11-10-19(24)21(16-8-9-16)13-15-5-3-6-17(22)12-15/h2-7,12,16,22H,8-11,13H2,1H3. The molecule has 24 heavy (non-hydrogen) atoms. The summed E-state index contributed by atoms with van der Waals surface area (Å²) in [6.45, 7) is 2.77. The third kappa shape index (κ3) is 3.85. The van der Waals surface area contributed by atoms with Crippen LogP contribution >= 0.6 is 0 Å². The summed E-state index contributed by atoms with van der Waals surface area (Å²) in [6, 6.07) is 12.4. The number of nitrogens with zero attached hydrogens (tertiary/aromatic N) is 2. The average molecular weight is 326 g/mol. The molecular formula is C19H22N2O3. The minimum absolute atomic E-state index is 0.0518. The molecule has 1 saturated carbocycles. The molecule has 0 saturated heterocycles. The third-order valence-corrected chi connectivity index (χ3v) is 4.39. The van der Waals surface area contributed by atoms with Gasteiger partial charge in [0, 0.05) is 37.3 Å². The summed E-state index contributed by atoms with van der Waals surface area (Å²) in [5.41, 5.74) is 1.71. The zero-order valence-electron chi connectivity index (χ0n) is 13.8. The number of hydrogen-bond acceptors (Lipinski definition) is 3. The first-order chi connectivity index (χ1) is 11.5. The molecule has 1 amide bonds. The van der Waals surface area contributed by atoms with E-state index in [1.807, 2.05) is 24.0 Å². The maximum atomic E-state index is 12.7. The van der Waals surface area contributed by atoms with Crippen LogP contribution in [0.5, 0.6) is 5.75 Å². The van der Waals surface area contributed by atoms with Gasteiger partial charge in [0.1, 0.15) is 5.75 Å². The zero-order chi connectivity index (χ0) is 17.1. The summed E-state index contributed by atoms with van der Waals surface area (Å²) in [6.07, 6.45) is 2.35. The number of benzene rings is 1. The molecule has 1 fully saturated rings. The average Bonchev–Trinajstić information content (AvgIpc) is 3.37. The van der Waals surface area contributed by atoms with Gasteiger partial charge < -0.3 is 14.6 Å². The molecule has 0 spiro atoms. The lowest BCUT2D eigenvalue weighted by molar-refractivity contribution is -0.132. The Hall–Kier alpha value is -2.56. The van der Waals surface area contributed by atoms with Gasteiger partial charge in [-0.3, -0.25) is 9.59 Å². The van der Waals surface area contributed by atoms with Gasteiger partial charge in [0.2, 0.25) is 5.91 Å². The van der Waals surface area contributed by atoms with Gasteiger partial charge in [-0.2, -0.15) is 0 Å². The largest absolute Gasteiger partial charge is 0.508 e. The van der Waals surface area contributed by atoms with E-state index in [1.54, 1.807) is 28.8 Å². The highest BCUT2D eigenvalue weighted by molar-refractivity contribution is 5.76. The molecule has 1 aliphatic carbocycles. The molecule has 0 radical (unpaired) electrons. The number of aromatic nitrogens is 1. The molecule has 1 aliphatic rings. The van der Waals surface area contributed by atoms with Crippen molar-refractivity contribution in [3.8, 4) is 5.75 Å². The molecule has 0 unspecified atom stereocenters. The Kier molecular flexibility index (Phi) is 4.69. The molecule has 1 aromatic carbocycles. The van der Waals surface area contributed by atoms with Crippen molar-refractivity contribution in [3.05, 3.63) is 64.1 Å². The summed E-state index contributed by atoms with van der Waals surface area (Å²) in [5, 5.41) is 9.59. The number of amides is 1. The monoisotopic (exact) mass is 326 g/mol. The quantitative estimate of drug-likeness (QED) is 0.887. The number of rotatable bonds is 6. The molecular weight excluding hydrogens is 304 g/mol. The maximum Gasteiger partial charge on any atom is 0.250 e. The molecule has 126 valence electrons. The first kappa shape index (κ1) is 16.3. The number of aryl methyl sites for hydroxylation is 1. The van der Waals surface area contributed by atoms with Crippen molar-refractivity contribution in [2.45, 2.75) is 45.3 Å². The van der Waals surface area contributed by atoms with E-state index in [0.717, 1.165) is 24.1 Å².